The highest BCUT2D eigenvalue weighted by Crippen LogP contribution is 2.29. The topological polar surface area (TPSA) is 41.5 Å². The van der Waals surface area contributed by atoms with Gasteiger partial charge in [-0.2, -0.15) is 0 Å². The van der Waals surface area contributed by atoms with E-state index in [0.29, 0.717) is 30.8 Å². The molecule has 0 radical (unpaired) electrons. The molecule has 2 N–H and O–H groups in total. The van der Waals surface area contributed by atoms with Crippen LogP contribution in [0, 0.1) is 37.0 Å². The monoisotopic (exact) mass is 253 g/mol. The second-order valence-electron chi connectivity index (χ2n) is 3.75. The molecule has 0 bridgehead atoms. The van der Waals surface area contributed by atoms with Crippen molar-refractivity contribution in [1.82, 2.24) is 5.32 Å². The minimum Gasteiger partial charge on any atom is -0.504 e. The summed E-state index contributed by atoms with van der Waals surface area (Å²) in [6.45, 7) is 1.29. The summed E-state index contributed by atoms with van der Waals surface area (Å²) >= 11 is 0. The molecular formula is C16H15NO2. The van der Waals surface area contributed by atoms with E-state index in [1.165, 1.54) is 6.07 Å². The minimum absolute atomic E-state index is 0.0106. The van der Waals surface area contributed by atoms with Crippen LogP contribution in [0.15, 0.2) is 12.1 Å². The minimum atomic E-state index is -0.0106. The van der Waals surface area contributed by atoms with Crippen molar-refractivity contribution in [2.24, 2.45) is 0 Å². The van der Waals surface area contributed by atoms with Crippen molar-refractivity contribution < 1.29 is 9.84 Å². The summed E-state index contributed by atoms with van der Waals surface area (Å²) in [4.78, 5) is 0. The van der Waals surface area contributed by atoms with Crippen molar-refractivity contribution in [3.63, 3.8) is 0 Å². The molecule has 0 aromatic heterocycles. The standard InChI is InChI=1S/C16H15NO2/c1-4-8-17-9-7-14-12-16(19-10-5-2)15(18)11-13(14)6-3/h1-3,11-12,17-18H,7-10H2. The Balaban J connectivity index is 2.86. The van der Waals surface area contributed by atoms with Crippen molar-refractivity contribution in [3.8, 4) is 48.5 Å². The third kappa shape index (κ3) is 4.32. The molecule has 0 unspecified atom stereocenters. The van der Waals surface area contributed by atoms with E-state index in [0.717, 1.165) is 5.56 Å². The maximum atomic E-state index is 9.75. The van der Waals surface area contributed by atoms with Gasteiger partial charge in [0, 0.05) is 12.1 Å². The van der Waals surface area contributed by atoms with E-state index in [2.05, 4.69) is 23.1 Å². The summed E-state index contributed by atoms with van der Waals surface area (Å²) in [5.74, 6) is 7.70. The van der Waals surface area contributed by atoms with Crippen molar-refractivity contribution in [3.05, 3.63) is 23.3 Å². The average molecular weight is 253 g/mol. The first-order valence-corrected chi connectivity index (χ1v) is 5.75. The number of rotatable bonds is 6. The fraction of sp³-hybridized carbons (Fsp3) is 0.250. The molecule has 19 heavy (non-hydrogen) atoms. The maximum absolute atomic E-state index is 9.75. The molecule has 0 amide bonds. The van der Waals surface area contributed by atoms with Gasteiger partial charge in [0.05, 0.1) is 6.54 Å². The lowest BCUT2D eigenvalue weighted by Gasteiger charge is -2.10. The SMILES string of the molecule is C#CCNCCc1cc(OCC#C)c(O)cc1C#C. The Morgan fingerprint density at radius 2 is 2.00 bits per heavy atom. The van der Waals surface area contributed by atoms with E-state index >= 15 is 0 Å². The van der Waals surface area contributed by atoms with Gasteiger partial charge in [0.1, 0.15) is 6.61 Å². The molecule has 96 valence electrons. The van der Waals surface area contributed by atoms with E-state index in [4.69, 9.17) is 24.0 Å². The van der Waals surface area contributed by atoms with Crippen LogP contribution in [0.4, 0.5) is 0 Å². The number of terminal acetylenes is 3. The number of hydrogen-bond acceptors (Lipinski definition) is 3. The number of benzene rings is 1. The molecule has 1 aromatic rings. The smallest absolute Gasteiger partial charge is 0.162 e. The first-order chi connectivity index (χ1) is 9.22. The Morgan fingerprint density at radius 1 is 1.21 bits per heavy atom. The van der Waals surface area contributed by atoms with Gasteiger partial charge < -0.3 is 15.2 Å². The quantitative estimate of drug-likeness (QED) is 0.590. The molecule has 0 fully saturated rings. The molecule has 0 saturated heterocycles. The first kappa shape index (κ1) is 14.5. The van der Waals surface area contributed by atoms with Gasteiger partial charge >= 0.3 is 0 Å². The van der Waals surface area contributed by atoms with Crippen LogP contribution in [-0.4, -0.2) is 24.8 Å². The molecule has 0 saturated carbocycles. The van der Waals surface area contributed by atoms with Gasteiger partial charge in [-0.25, -0.2) is 0 Å². The zero-order valence-electron chi connectivity index (χ0n) is 10.6. The zero-order chi connectivity index (χ0) is 14.1. The molecule has 1 aromatic carbocycles. The fourth-order valence-corrected chi connectivity index (χ4v) is 1.57. The second-order valence-corrected chi connectivity index (χ2v) is 3.75. The van der Waals surface area contributed by atoms with Crippen LogP contribution in [0.1, 0.15) is 11.1 Å². The van der Waals surface area contributed by atoms with Crippen LogP contribution in [-0.2, 0) is 6.42 Å². The maximum Gasteiger partial charge on any atom is 0.162 e. The van der Waals surface area contributed by atoms with Gasteiger partial charge in [-0.1, -0.05) is 17.8 Å². The van der Waals surface area contributed by atoms with E-state index < -0.39 is 0 Å². The third-order valence-corrected chi connectivity index (χ3v) is 2.45. The van der Waals surface area contributed by atoms with Gasteiger partial charge in [0.25, 0.3) is 0 Å². The molecule has 3 nitrogen and oxygen atoms in total. The Kier molecular flexibility index (Phi) is 5.90. The summed E-state index contributed by atoms with van der Waals surface area (Å²) in [5.41, 5.74) is 1.53. The van der Waals surface area contributed by atoms with Crippen molar-refractivity contribution in [2.45, 2.75) is 6.42 Å². The molecule has 0 aliphatic carbocycles. The highest BCUT2D eigenvalue weighted by atomic mass is 16.5. The van der Waals surface area contributed by atoms with E-state index in [1.54, 1.807) is 6.07 Å². The number of phenols is 1. The van der Waals surface area contributed by atoms with Gasteiger partial charge in [-0.15, -0.1) is 19.3 Å². The molecule has 0 heterocycles. The van der Waals surface area contributed by atoms with Gasteiger partial charge in [0.2, 0.25) is 0 Å². The predicted molar refractivity (Wildman–Crippen MR) is 75.8 cm³/mol. The average Bonchev–Trinajstić information content (AvgIpc) is 2.43. The summed E-state index contributed by atoms with van der Waals surface area (Å²) in [5, 5.41) is 12.8. The number of nitrogens with one attached hydrogen (secondary N) is 1. The van der Waals surface area contributed by atoms with Crippen LogP contribution >= 0.6 is 0 Å². The van der Waals surface area contributed by atoms with Crippen molar-refractivity contribution in [1.29, 1.82) is 0 Å². The largest absolute Gasteiger partial charge is 0.504 e. The molecule has 3 heteroatoms. The van der Waals surface area contributed by atoms with E-state index in [-0.39, 0.29) is 12.4 Å². The third-order valence-electron chi connectivity index (χ3n) is 2.45. The number of phenolic OH excluding ortho intramolecular Hbond substituents is 1. The van der Waals surface area contributed by atoms with Crippen LogP contribution in [0.5, 0.6) is 11.5 Å². The Bertz CT molecular complexity index is 556. The van der Waals surface area contributed by atoms with E-state index in [1.807, 2.05) is 0 Å². The van der Waals surface area contributed by atoms with Crippen LogP contribution in [0.2, 0.25) is 0 Å². The normalized spacial score (nSPS) is 9.11. The highest BCUT2D eigenvalue weighted by molar-refractivity contribution is 5.52. The van der Waals surface area contributed by atoms with Crippen molar-refractivity contribution >= 4 is 0 Å². The Hall–Kier alpha value is -2.54. The lowest BCUT2D eigenvalue weighted by Crippen LogP contribution is -2.17. The Labute approximate surface area is 114 Å². The van der Waals surface area contributed by atoms with Gasteiger partial charge in [-0.3, -0.25) is 0 Å². The first-order valence-electron chi connectivity index (χ1n) is 5.75. The number of aromatic hydroxyl groups is 1. The fourth-order valence-electron chi connectivity index (χ4n) is 1.57. The summed E-state index contributed by atoms with van der Waals surface area (Å²) in [6, 6.07) is 3.21. The zero-order valence-corrected chi connectivity index (χ0v) is 10.6. The molecule has 0 spiro atoms. The molecular weight excluding hydrogens is 238 g/mol. The summed E-state index contributed by atoms with van der Waals surface area (Å²) < 4.78 is 5.25. The molecule has 0 aliphatic rings. The summed E-state index contributed by atoms with van der Waals surface area (Å²) in [7, 11) is 0. The van der Waals surface area contributed by atoms with Crippen LogP contribution < -0.4 is 10.1 Å². The van der Waals surface area contributed by atoms with E-state index in [9.17, 15) is 5.11 Å². The lowest BCUT2D eigenvalue weighted by atomic mass is 10.0. The second kappa shape index (κ2) is 7.72. The van der Waals surface area contributed by atoms with Crippen LogP contribution in [0.25, 0.3) is 0 Å². The summed E-state index contributed by atoms with van der Waals surface area (Å²) in [6.07, 6.45) is 16.4. The molecule has 0 aliphatic heterocycles. The Morgan fingerprint density at radius 3 is 2.63 bits per heavy atom. The molecule has 0 atom stereocenters. The highest BCUT2D eigenvalue weighted by Gasteiger charge is 2.09. The van der Waals surface area contributed by atoms with Gasteiger partial charge in [0.15, 0.2) is 11.5 Å². The van der Waals surface area contributed by atoms with Gasteiger partial charge in [-0.05, 0) is 24.1 Å². The number of ether oxygens (including phenoxy) is 1. The predicted octanol–water partition coefficient (Wildman–Crippen LogP) is 1.15. The molecule has 1 rings (SSSR count). The van der Waals surface area contributed by atoms with Crippen LogP contribution in [0.3, 0.4) is 0 Å². The lowest BCUT2D eigenvalue weighted by molar-refractivity contribution is 0.341. The number of hydrogen-bond donors (Lipinski definition) is 2. The van der Waals surface area contributed by atoms with Crippen molar-refractivity contribution in [2.75, 3.05) is 19.7 Å².